The van der Waals surface area contributed by atoms with Crippen LogP contribution in [0.2, 0.25) is 0 Å². The van der Waals surface area contributed by atoms with Crippen LogP contribution in [0, 0.1) is 5.92 Å². The van der Waals surface area contributed by atoms with Crippen LogP contribution in [0.3, 0.4) is 0 Å². The molecule has 0 unspecified atom stereocenters. The van der Waals surface area contributed by atoms with E-state index in [9.17, 15) is 4.79 Å². The van der Waals surface area contributed by atoms with Crippen LogP contribution in [-0.4, -0.2) is 30.4 Å². The maximum Gasteiger partial charge on any atom is 0.254 e. The average Bonchev–Trinajstić information content (AvgIpc) is 2.47. The number of hydrogen-bond acceptors (Lipinski definition) is 2. The Bertz CT molecular complexity index is 476. The molecule has 0 spiro atoms. The van der Waals surface area contributed by atoms with Crippen molar-refractivity contribution in [2.75, 3.05) is 19.6 Å². The molecule has 0 radical (unpaired) electrons. The first-order valence-corrected chi connectivity index (χ1v) is 7.36. The Kier molecular flexibility index (Phi) is 3.56. The topological polar surface area (TPSA) is 32.3 Å². The summed E-state index contributed by atoms with van der Waals surface area (Å²) in [6, 6.07) is 6.18. The number of piperidine rings is 1. The van der Waals surface area contributed by atoms with Gasteiger partial charge in [0, 0.05) is 25.2 Å². The predicted octanol–water partition coefficient (Wildman–Crippen LogP) is 2.20. The molecule has 0 aliphatic carbocycles. The number of carbonyl (C=O) groups is 1. The summed E-state index contributed by atoms with van der Waals surface area (Å²) in [6.45, 7) is 5.96. The molecule has 3 nitrogen and oxygen atoms in total. The number of nitrogens with zero attached hydrogens (tertiary/aromatic N) is 1. The lowest BCUT2D eigenvalue weighted by Crippen LogP contribution is -2.39. The number of nitrogens with one attached hydrogen (secondary N) is 1. The largest absolute Gasteiger partial charge is 0.339 e. The highest BCUT2D eigenvalue weighted by atomic mass is 16.2. The van der Waals surface area contributed by atoms with Crippen LogP contribution in [0.15, 0.2) is 18.2 Å². The van der Waals surface area contributed by atoms with Crippen molar-refractivity contribution in [2.45, 2.75) is 32.7 Å². The summed E-state index contributed by atoms with van der Waals surface area (Å²) in [5.41, 5.74) is 3.48. The van der Waals surface area contributed by atoms with E-state index in [1.807, 2.05) is 17.0 Å². The quantitative estimate of drug-likeness (QED) is 0.837. The van der Waals surface area contributed by atoms with E-state index in [1.54, 1.807) is 0 Å². The fourth-order valence-electron chi connectivity index (χ4n) is 3.10. The highest BCUT2D eigenvalue weighted by Crippen LogP contribution is 2.23. The summed E-state index contributed by atoms with van der Waals surface area (Å²) in [7, 11) is 0. The van der Waals surface area contributed by atoms with Crippen molar-refractivity contribution in [2.24, 2.45) is 5.92 Å². The lowest BCUT2D eigenvalue weighted by atomic mass is 9.94. The van der Waals surface area contributed by atoms with Gasteiger partial charge in [-0.25, -0.2) is 0 Å². The number of likely N-dealkylation sites (tertiary alicyclic amines) is 1. The van der Waals surface area contributed by atoms with E-state index >= 15 is 0 Å². The molecule has 1 fully saturated rings. The van der Waals surface area contributed by atoms with E-state index in [4.69, 9.17) is 0 Å². The van der Waals surface area contributed by atoms with Gasteiger partial charge in [-0.15, -0.1) is 0 Å². The number of benzene rings is 1. The third kappa shape index (κ3) is 2.52. The molecule has 0 bridgehead atoms. The molecule has 3 heteroatoms. The standard InChI is InChI=1S/C16H22N2O/c1-12-6-9-18(10-7-12)16(19)14-4-2-3-13-5-8-17-11-15(13)14/h2-4,12,17H,5-11H2,1H3. The van der Waals surface area contributed by atoms with Crippen molar-refractivity contribution < 1.29 is 4.79 Å². The van der Waals surface area contributed by atoms with E-state index in [1.165, 1.54) is 11.1 Å². The van der Waals surface area contributed by atoms with Crippen molar-refractivity contribution in [1.82, 2.24) is 10.2 Å². The fraction of sp³-hybridized carbons (Fsp3) is 0.562. The summed E-state index contributed by atoms with van der Waals surface area (Å²) >= 11 is 0. The predicted molar refractivity (Wildman–Crippen MR) is 76.2 cm³/mol. The van der Waals surface area contributed by atoms with Crippen LogP contribution < -0.4 is 5.32 Å². The molecular weight excluding hydrogens is 236 g/mol. The van der Waals surface area contributed by atoms with Gasteiger partial charge in [0.1, 0.15) is 0 Å². The number of fused-ring (bicyclic) bond motifs is 1. The SMILES string of the molecule is CC1CCN(C(=O)c2cccc3c2CNCC3)CC1. The van der Waals surface area contributed by atoms with Crippen molar-refractivity contribution in [1.29, 1.82) is 0 Å². The summed E-state index contributed by atoms with van der Waals surface area (Å²) in [4.78, 5) is 14.7. The van der Waals surface area contributed by atoms with Crippen LogP contribution in [-0.2, 0) is 13.0 Å². The van der Waals surface area contributed by atoms with Crippen LogP contribution >= 0.6 is 0 Å². The van der Waals surface area contributed by atoms with Gasteiger partial charge in [-0.05, 0) is 48.9 Å². The third-order valence-corrected chi connectivity index (χ3v) is 4.45. The molecule has 1 aromatic carbocycles. The second kappa shape index (κ2) is 5.33. The van der Waals surface area contributed by atoms with Gasteiger partial charge in [-0.3, -0.25) is 4.79 Å². The Hall–Kier alpha value is -1.35. The van der Waals surface area contributed by atoms with E-state index in [0.717, 1.165) is 56.9 Å². The van der Waals surface area contributed by atoms with E-state index < -0.39 is 0 Å². The molecule has 1 amide bonds. The molecule has 102 valence electrons. The monoisotopic (exact) mass is 258 g/mol. The van der Waals surface area contributed by atoms with Crippen LogP contribution in [0.4, 0.5) is 0 Å². The molecule has 1 aromatic rings. The maximum absolute atomic E-state index is 12.7. The molecule has 2 aliphatic heterocycles. The molecule has 0 aromatic heterocycles. The first-order chi connectivity index (χ1) is 9.25. The highest BCUT2D eigenvalue weighted by Gasteiger charge is 2.24. The molecule has 1 N–H and O–H groups in total. The minimum atomic E-state index is 0.229. The summed E-state index contributed by atoms with van der Waals surface area (Å²) in [5, 5.41) is 3.38. The molecule has 1 saturated heterocycles. The van der Waals surface area contributed by atoms with Crippen molar-refractivity contribution in [3.8, 4) is 0 Å². The number of hydrogen-bond donors (Lipinski definition) is 1. The summed E-state index contributed by atoms with van der Waals surface area (Å²) in [6.07, 6.45) is 3.31. The molecule has 2 heterocycles. The molecule has 3 rings (SSSR count). The van der Waals surface area contributed by atoms with E-state index in [2.05, 4.69) is 18.3 Å². The first kappa shape index (κ1) is 12.7. The zero-order valence-corrected chi connectivity index (χ0v) is 11.6. The van der Waals surface area contributed by atoms with Gasteiger partial charge in [0.05, 0.1) is 0 Å². The van der Waals surface area contributed by atoms with Crippen molar-refractivity contribution >= 4 is 5.91 Å². The fourth-order valence-corrected chi connectivity index (χ4v) is 3.10. The Morgan fingerprint density at radius 3 is 2.89 bits per heavy atom. The molecule has 19 heavy (non-hydrogen) atoms. The number of rotatable bonds is 1. The van der Waals surface area contributed by atoms with Gasteiger partial charge in [0.25, 0.3) is 5.91 Å². The number of carbonyl (C=O) groups excluding carboxylic acids is 1. The Morgan fingerprint density at radius 2 is 2.11 bits per heavy atom. The minimum absolute atomic E-state index is 0.229. The van der Waals surface area contributed by atoms with Crippen LogP contribution in [0.1, 0.15) is 41.3 Å². The average molecular weight is 258 g/mol. The zero-order chi connectivity index (χ0) is 13.2. The second-order valence-electron chi connectivity index (χ2n) is 5.84. The van der Waals surface area contributed by atoms with E-state index in [-0.39, 0.29) is 5.91 Å². The van der Waals surface area contributed by atoms with Gasteiger partial charge in [0.2, 0.25) is 0 Å². The molecule has 0 saturated carbocycles. The Morgan fingerprint density at radius 1 is 1.32 bits per heavy atom. The van der Waals surface area contributed by atoms with Gasteiger partial charge < -0.3 is 10.2 Å². The minimum Gasteiger partial charge on any atom is -0.339 e. The van der Waals surface area contributed by atoms with Gasteiger partial charge in [0.15, 0.2) is 0 Å². The van der Waals surface area contributed by atoms with Gasteiger partial charge in [-0.2, -0.15) is 0 Å². The third-order valence-electron chi connectivity index (χ3n) is 4.45. The second-order valence-corrected chi connectivity index (χ2v) is 5.84. The van der Waals surface area contributed by atoms with Crippen LogP contribution in [0.5, 0.6) is 0 Å². The highest BCUT2D eigenvalue weighted by molar-refractivity contribution is 5.96. The normalized spacial score (nSPS) is 20.2. The molecule has 0 atom stereocenters. The van der Waals surface area contributed by atoms with Crippen molar-refractivity contribution in [3.05, 3.63) is 34.9 Å². The van der Waals surface area contributed by atoms with E-state index in [0.29, 0.717) is 0 Å². The Balaban J connectivity index is 1.83. The lowest BCUT2D eigenvalue weighted by Gasteiger charge is -2.31. The zero-order valence-electron chi connectivity index (χ0n) is 11.6. The smallest absolute Gasteiger partial charge is 0.254 e. The molecule has 2 aliphatic rings. The molecular formula is C16H22N2O. The Labute approximate surface area is 115 Å². The van der Waals surface area contributed by atoms with Gasteiger partial charge >= 0.3 is 0 Å². The first-order valence-electron chi connectivity index (χ1n) is 7.36. The lowest BCUT2D eigenvalue weighted by molar-refractivity contribution is 0.0695. The van der Waals surface area contributed by atoms with Crippen LogP contribution in [0.25, 0.3) is 0 Å². The maximum atomic E-state index is 12.7. The summed E-state index contributed by atoms with van der Waals surface area (Å²) < 4.78 is 0. The summed E-state index contributed by atoms with van der Waals surface area (Å²) in [5.74, 6) is 0.989. The number of amides is 1. The van der Waals surface area contributed by atoms with Gasteiger partial charge in [-0.1, -0.05) is 19.1 Å². The van der Waals surface area contributed by atoms with Crippen molar-refractivity contribution in [3.63, 3.8) is 0 Å².